The van der Waals surface area contributed by atoms with E-state index in [0.717, 1.165) is 57.3 Å². The van der Waals surface area contributed by atoms with Crippen LogP contribution < -0.4 is 20.1 Å². The minimum Gasteiger partial charge on any atom is -0.497 e. The van der Waals surface area contributed by atoms with Crippen molar-refractivity contribution in [1.29, 1.82) is 0 Å². The first-order chi connectivity index (χ1) is 20.4. The second kappa shape index (κ2) is 15.4. The van der Waals surface area contributed by atoms with Gasteiger partial charge in [0.05, 0.1) is 21.3 Å². The van der Waals surface area contributed by atoms with Gasteiger partial charge < -0.3 is 29.2 Å². The molecule has 228 valence electrons. The third-order valence-corrected chi connectivity index (χ3v) is 8.05. The van der Waals surface area contributed by atoms with E-state index >= 15 is 0 Å². The quantitative estimate of drug-likeness (QED) is 0.215. The Kier molecular flexibility index (Phi) is 11.5. The van der Waals surface area contributed by atoms with Crippen molar-refractivity contribution in [3.63, 3.8) is 0 Å². The summed E-state index contributed by atoms with van der Waals surface area (Å²) in [6.07, 6.45) is 8.78. The number of hydrogen-bond donors (Lipinski definition) is 2. The van der Waals surface area contributed by atoms with Gasteiger partial charge in [0.25, 0.3) is 5.91 Å². The van der Waals surface area contributed by atoms with Crippen molar-refractivity contribution in [3.05, 3.63) is 53.1 Å². The predicted octanol–water partition coefficient (Wildman–Crippen LogP) is 5.72. The summed E-state index contributed by atoms with van der Waals surface area (Å²) in [6.45, 7) is 3.07. The summed E-state index contributed by atoms with van der Waals surface area (Å²) < 4.78 is 21.0. The first-order valence-electron chi connectivity index (χ1n) is 14.9. The Morgan fingerprint density at radius 1 is 0.929 bits per heavy atom. The normalized spacial score (nSPS) is 16.8. The predicted molar refractivity (Wildman–Crippen MR) is 159 cm³/mol. The number of anilines is 1. The second-order valence-corrected chi connectivity index (χ2v) is 10.9. The first kappa shape index (κ1) is 31.2. The van der Waals surface area contributed by atoms with Crippen molar-refractivity contribution >= 4 is 23.7 Å². The lowest BCUT2D eigenvalue weighted by Crippen LogP contribution is -2.44. The summed E-state index contributed by atoms with van der Waals surface area (Å²) in [4.78, 5) is 38.8. The fraction of sp³-hybridized carbons (Fsp3) is 0.531. The van der Waals surface area contributed by atoms with Gasteiger partial charge in [0.15, 0.2) is 0 Å². The van der Waals surface area contributed by atoms with E-state index in [-0.39, 0.29) is 24.0 Å². The van der Waals surface area contributed by atoms with E-state index in [1.165, 1.54) is 32.8 Å². The van der Waals surface area contributed by atoms with Crippen LogP contribution in [0.2, 0.25) is 0 Å². The van der Waals surface area contributed by atoms with Crippen LogP contribution in [-0.2, 0) is 9.47 Å². The van der Waals surface area contributed by atoms with Crippen molar-refractivity contribution in [2.24, 2.45) is 0 Å². The van der Waals surface area contributed by atoms with Crippen molar-refractivity contribution < 1.29 is 33.3 Å². The Labute approximate surface area is 248 Å². The molecule has 2 N–H and O–H groups in total. The number of nitrogens with one attached hydrogen (secondary N) is 2. The van der Waals surface area contributed by atoms with Crippen molar-refractivity contribution in [1.82, 2.24) is 10.2 Å². The Hall–Kier alpha value is -3.79. The number of hydrogen-bond acceptors (Lipinski definition) is 8. The molecule has 42 heavy (non-hydrogen) atoms. The summed E-state index contributed by atoms with van der Waals surface area (Å²) in [5.74, 6) is 0.764. The van der Waals surface area contributed by atoms with Crippen molar-refractivity contribution in [3.8, 4) is 11.5 Å². The molecule has 4 rings (SSSR count). The number of unbranched alkanes of at least 4 members (excludes halogenated alkanes) is 5. The number of likely N-dealkylation sites (tertiary alicyclic amines) is 1. The third kappa shape index (κ3) is 8.38. The fourth-order valence-electron chi connectivity index (χ4n) is 5.64. The smallest absolute Gasteiger partial charge is 0.411 e. The number of carbonyl (C=O) groups is 3. The molecule has 1 fully saturated rings. The molecule has 0 spiro atoms. The molecule has 1 atom stereocenters. The zero-order valence-corrected chi connectivity index (χ0v) is 24.9. The molecule has 0 aliphatic carbocycles. The number of benzene rings is 2. The molecule has 2 aliphatic rings. The Bertz CT molecular complexity index is 1210. The van der Waals surface area contributed by atoms with Crippen LogP contribution in [0.15, 0.2) is 36.4 Å². The first-order valence-corrected chi connectivity index (χ1v) is 14.9. The number of carbonyl (C=O) groups excluding carboxylic acids is 3. The van der Waals surface area contributed by atoms with Crippen LogP contribution in [0, 0.1) is 0 Å². The van der Waals surface area contributed by atoms with Gasteiger partial charge in [0.2, 0.25) is 0 Å². The Balaban J connectivity index is 1.05. The molecule has 2 aliphatic heterocycles. The lowest BCUT2D eigenvalue weighted by Gasteiger charge is -2.32. The van der Waals surface area contributed by atoms with Crippen LogP contribution >= 0.6 is 0 Å². The second-order valence-electron chi connectivity index (χ2n) is 10.9. The highest BCUT2D eigenvalue weighted by molar-refractivity contribution is 5.97. The molecule has 0 saturated carbocycles. The topological polar surface area (TPSA) is 115 Å². The van der Waals surface area contributed by atoms with Gasteiger partial charge in [0, 0.05) is 42.0 Å². The monoisotopic (exact) mass is 581 g/mol. The number of ether oxygens (including phenoxy) is 4. The van der Waals surface area contributed by atoms with E-state index in [0.29, 0.717) is 28.3 Å². The highest BCUT2D eigenvalue weighted by Crippen LogP contribution is 2.41. The number of amides is 2. The molecular formula is C32H43N3O7. The van der Waals surface area contributed by atoms with E-state index in [1.807, 2.05) is 6.07 Å². The van der Waals surface area contributed by atoms with E-state index in [9.17, 15) is 14.4 Å². The maximum Gasteiger partial charge on any atom is 0.411 e. The fourth-order valence-corrected chi connectivity index (χ4v) is 5.64. The zero-order valence-electron chi connectivity index (χ0n) is 24.9. The minimum absolute atomic E-state index is 0.0900. The molecule has 2 aromatic rings. The van der Waals surface area contributed by atoms with Gasteiger partial charge >= 0.3 is 12.1 Å². The number of cyclic esters (lactones) is 1. The molecule has 1 saturated heterocycles. The Morgan fingerprint density at radius 3 is 2.29 bits per heavy atom. The number of fused-ring (bicyclic) bond motifs is 1. The van der Waals surface area contributed by atoms with Crippen molar-refractivity contribution in [2.75, 3.05) is 46.3 Å². The van der Waals surface area contributed by atoms with E-state index in [4.69, 9.17) is 14.2 Å². The van der Waals surface area contributed by atoms with Gasteiger partial charge in [-0.2, -0.15) is 0 Å². The summed E-state index contributed by atoms with van der Waals surface area (Å²) >= 11 is 0. The highest BCUT2D eigenvalue weighted by Gasteiger charge is 2.34. The maximum atomic E-state index is 12.6. The van der Waals surface area contributed by atoms with Crippen LogP contribution in [0.5, 0.6) is 11.5 Å². The van der Waals surface area contributed by atoms with E-state index in [2.05, 4.69) is 20.3 Å². The summed E-state index contributed by atoms with van der Waals surface area (Å²) in [6, 6.07) is 10.6. The molecule has 10 nitrogen and oxygen atoms in total. The molecule has 0 bridgehead atoms. The van der Waals surface area contributed by atoms with Gasteiger partial charge in [-0.05, 0) is 69.0 Å². The zero-order chi connectivity index (χ0) is 29.9. The summed E-state index contributed by atoms with van der Waals surface area (Å²) in [5, 5.41) is 5.72. The number of rotatable bonds is 14. The lowest BCUT2D eigenvalue weighted by atomic mass is 9.99. The molecule has 10 heteroatoms. The molecule has 2 amide bonds. The number of nitrogens with zero attached hydrogens (tertiary/aromatic N) is 1. The number of piperidine rings is 1. The number of esters is 1. The molecular weight excluding hydrogens is 538 g/mol. The standard InChI is InChI=1S/C32H43N3O7/c1-39-25-20-26-27(42-31(37)29(26)28(21-25)40-2)10-8-6-4-5-7-9-17-35-18-15-24(16-19-35)33-30(36)22-11-13-23(14-12-22)34-32(38)41-3/h11-14,20-21,24,27H,4-10,15-19H2,1-3H3,(H,33,36)(H,34,38)/t27-/m1/s1. The summed E-state index contributed by atoms with van der Waals surface area (Å²) in [7, 11) is 4.46. The van der Waals surface area contributed by atoms with E-state index in [1.54, 1.807) is 44.6 Å². The average molecular weight is 582 g/mol. The Morgan fingerprint density at radius 2 is 1.62 bits per heavy atom. The molecule has 2 heterocycles. The molecule has 0 aromatic heterocycles. The summed E-state index contributed by atoms with van der Waals surface area (Å²) in [5.41, 5.74) is 2.54. The van der Waals surface area contributed by atoms with Crippen LogP contribution in [0.1, 0.15) is 90.2 Å². The lowest BCUT2D eigenvalue weighted by molar-refractivity contribution is 0.0361. The minimum atomic E-state index is -0.542. The number of methoxy groups -OCH3 is 3. The molecule has 0 radical (unpaired) electrons. The highest BCUT2D eigenvalue weighted by atomic mass is 16.6. The van der Waals surface area contributed by atoms with Crippen LogP contribution in [-0.4, -0.2) is 69.9 Å². The van der Waals surface area contributed by atoms with Crippen LogP contribution in [0.25, 0.3) is 0 Å². The largest absolute Gasteiger partial charge is 0.497 e. The third-order valence-electron chi connectivity index (χ3n) is 8.05. The van der Waals surface area contributed by atoms with Gasteiger partial charge in [0.1, 0.15) is 23.2 Å². The van der Waals surface area contributed by atoms with Crippen molar-refractivity contribution in [2.45, 2.75) is 69.9 Å². The average Bonchev–Trinajstić information content (AvgIpc) is 3.33. The van der Waals surface area contributed by atoms with Gasteiger partial charge in [-0.1, -0.05) is 25.7 Å². The SMILES string of the molecule is COC(=O)Nc1ccc(C(=O)NC2CCN(CCCCCCCC[C@H]3OC(=O)c4c(OC)cc(OC)cc43)CC2)cc1. The van der Waals surface area contributed by atoms with Gasteiger partial charge in [-0.25, -0.2) is 9.59 Å². The molecule has 0 unspecified atom stereocenters. The maximum absolute atomic E-state index is 12.6. The van der Waals surface area contributed by atoms with E-state index < -0.39 is 6.09 Å². The van der Waals surface area contributed by atoms with Crippen LogP contribution in [0.3, 0.4) is 0 Å². The van der Waals surface area contributed by atoms with Gasteiger partial charge in [-0.15, -0.1) is 0 Å². The van der Waals surface area contributed by atoms with Gasteiger partial charge in [-0.3, -0.25) is 10.1 Å². The molecule has 2 aromatic carbocycles. The van der Waals surface area contributed by atoms with Crippen LogP contribution in [0.4, 0.5) is 10.5 Å².